The summed E-state index contributed by atoms with van der Waals surface area (Å²) in [7, 11) is 3.86. The minimum Gasteiger partial charge on any atom is -0.478 e. The Hall–Kier alpha value is -2.96. The monoisotopic (exact) mass is 325 g/mol. The van der Waals surface area contributed by atoms with E-state index < -0.39 is 5.97 Å². The second-order valence-corrected chi connectivity index (χ2v) is 6.02. The number of aromatic nitrogens is 4. The van der Waals surface area contributed by atoms with Gasteiger partial charge in [0.05, 0.1) is 17.8 Å². The Kier molecular flexibility index (Phi) is 3.92. The maximum atomic E-state index is 11.5. The quantitative estimate of drug-likeness (QED) is 0.792. The third-order valence-electron chi connectivity index (χ3n) is 3.99. The molecule has 0 fully saturated rings. The van der Waals surface area contributed by atoms with E-state index in [4.69, 9.17) is 0 Å². The molecule has 3 aromatic heterocycles. The first-order valence-electron chi connectivity index (χ1n) is 7.55. The topological polar surface area (TPSA) is 84.1 Å². The number of hydrogen-bond donors (Lipinski definition) is 1. The van der Waals surface area contributed by atoms with E-state index in [0.717, 1.165) is 28.2 Å². The van der Waals surface area contributed by atoms with Gasteiger partial charge in [0.25, 0.3) is 0 Å². The Morgan fingerprint density at radius 3 is 2.67 bits per heavy atom. The summed E-state index contributed by atoms with van der Waals surface area (Å²) in [4.78, 5) is 26.4. The van der Waals surface area contributed by atoms with E-state index in [9.17, 15) is 9.90 Å². The van der Waals surface area contributed by atoms with Gasteiger partial charge in [0.2, 0.25) is 0 Å². The molecule has 3 aromatic rings. The summed E-state index contributed by atoms with van der Waals surface area (Å²) in [6.07, 6.45) is 4.83. The summed E-state index contributed by atoms with van der Waals surface area (Å²) in [5, 5.41) is 9.42. The van der Waals surface area contributed by atoms with Crippen LogP contribution in [-0.2, 0) is 6.54 Å². The van der Waals surface area contributed by atoms with Crippen molar-refractivity contribution in [1.29, 1.82) is 0 Å². The van der Waals surface area contributed by atoms with Gasteiger partial charge in [-0.1, -0.05) is 0 Å². The lowest BCUT2D eigenvalue weighted by Gasteiger charge is -2.16. The molecule has 3 heterocycles. The van der Waals surface area contributed by atoms with Crippen molar-refractivity contribution in [3.63, 3.8) is 0 Å². The van der Waals surface area contributed by atoms with Crippen molar-refractivity contribution in [3.8, 4) is 0 Å². The molecule has 0 unspecified atom stereocenters. The summed E-state index contributed by atoms with van der Waals surface area (Å²) >= 11 is 0. The zero-order valence-electron chi connectivity index (χ0n) is 14.1. The molecule has 0 aliphatic rings. The fourth-order valence-corrected chi connectivity index (χ4v) is 2.80. The number of pyridine rings is 1. The van der Waals surface area contributed by atoms with Crippen LogP contribution in [0.2, 0.25) is 0 Å². The number of aromatic carboxylic acids is 1. The standard InChI is InChI=1S/C17H19N5O2/c1-10-5-14-15(18-6-10)12(17(23)24)7-22(14)8-13-11(2)16(21(3)4)20-9-19-13/h5-7,9H,8H2,1-4H3,(H,23,24). The number of fused-ring (bicyclic) bond motifs is 1. The summed E-state index contributed by atoms with van der Waals surface area (Å²) in [5.74, 6) is -0.132. The Morgan fingerprint density at radius 2 is 2.00 bits per heavy atom. The smallest absolute Gasteiger partial charge is 0.339 e. The van der Waals surface area contributed by atoms with Gasteiger partial charge >= 0.3 is 5.97 Å². The van der Waals surface area contributed by atoms with Crippen molar-refractivity contribution in [2.75, 3.05) is 19.0 Å². The van der Waals surface area contributed by atoms with Gasteiger partial charge in [-0.2, -0.15) is 0 Å². The second kappa shape index (κ2) is 5.92. The zero-order chi connectivity index (χ0) is 17.4. The number of rotatable bonds is 4. The van der Waals surface area contributed by atoms with Crippen LogP contribution in [0.1, 0.15) is 27.2 Å². The fraction of sp³-hybridized carbons (Fsp3) is 0.294. The second-order valence-electron chi connectivity index (χ2n) is 6.02. The van der Waals surface area contributed by atoms with E-state index >= 15 is 0 Å². The van der Waals surface area contributed by atoms with E-state index in [1.807, 2.05) is 43.5 Å². The molecule has 0 atom stereocenters. The Morgan fingerprint density at radius 1 is 1.25 bits per heavy atom. The van der Waals surface area contributed by atoms with Crippen molar-refractivity contribution in [2.24, 2.45) is 0 Å². The number of carboxylic acid groups (broad SMARTS) is 1. The number of carbonyl (C=O) groups is 1. The molecule has 0 radical (unpaired) electrons. The molecule has 1 N–H and O–H groups in total. The van der Waals surface area contributed by atoms with E-state index in [1.165, 1.54) is 6.33 Å². The van der Waals surface area contributed by atoms with Crippen LogP contribution >= 0.6 is 0 Å². The number of nitrogens with zero attached hydrogens (tertiary/aromatic N) is 5. The highest BCUT2D eigenvalue weighted by atomic mass is 16.4. The third-order valence-corrected chi connectivity index (χ3v) is 3.99. The molecular weight excluding hydrogens is 306 g/mol. The molecule has 3 rings (SSSR count). The van der Waals surface area contributed by atoms with Gasteiger partial charge in [-0.15, -0.1) is 0 Å². The lowest BCUT2D eigenvalue weighted by Crippen LogP contribution is -2.15. The predicted molar refractivity (Wildman–Crippen MR) is 91.6 cm³/mol. The minimum atomic E-state index is -0.983. The first-order chi connectivity index (χ1) is 11.4. The maximum absolute atomic E-state index is 11.5. The average molecular weight is 325 g/mol. The van der Waals surface area contributed by atoms with Gasteiger partial charge in [0.15, 0.2) is 0 Å². The van der Waals surface area contributed by atoms with Crippen LogP contribution in [0.3, 0.4) is 0 Å². The Bertz CT molecular complexity index is 930. The normalized spacial score (nSPS) is 11.0. The molecule has 0 aromatic carbocycles. The minimum absolute atomic E-state index is 0.199. The first-order valence-corrected chi connectivity index (χ1v) is 7.55. The highest BCUT2D eigenvalue weighted by molar-refractivity contribution is 6.01. The SMILES string of the molecule is Cc1cnc2c(C(=O)O)cn(Cc3ncnc(N(C)C)c3C)c2c1. The number of aryl methyl sites for hydroxylation is 1. The predicted octanol–water partition coefficient (Wildman–Crippen LogP) is 2.26. The van der Waals surface area contributed by atoms with Crippen molar-refractivity contribution in [2.45, 2.75) is 20.4 Å². The van der Waals surface area contributed by atoms with Gasteiger partial charge in [-0.05, 0) is 25.5 Å². The summed E-state index contributed by atoms with van der Waals surface area (Å²) in [6, 6.07) is 1.94. The van der Waals surface area contributed by atoms with Crippen LogP contribution in [0.15, 0.2) is 24.8 Å². The molecule has 0 aliphatic carbocycles. The van der Waals surface area contributed by atoms with Crippen molar-refractivity contribution in [1.82, 2.24) is 19.5 Å². The van der Waals surface area contributed by atoms with E-state index in [-0.39, 0.29) is 5.56 Å². The molecule has 0 amide bonds. The van der Waals surface area contributed by atoms with Crippen LogP contribution in [-0.4, -0.2) is 44.7 Å². The molecule has 24 heavy (non-hydrogen) atoms. The first kappa shape index (κ1) is 15.9. The molecule has 0 saturated carbocycles. The van der Waals surface area contributed by atoms with E-state index in [1.54, 1.807) is 12.4 Å². The van der Waals surface area contributed by atoms with Crippen LogP contribution in [0.25, 0.3) is 11.0 Å². The molecule has 7 nitrogen and oxygen atoms in total. The van der Waals surface area contributed by atoms with Crippen LogP contribution in [0, 0.1) is 13.8 Å². The fourth-order valence-electron chi connectivity index (χ4n) is 2.80. The lowest BCUT2D eigenvalue weighted by molar-refractivity contribution is 0.0698. The average Bonchev–Trinajstić information content (AvgIpc) is 2.87. The molecule has 0 aliphatic heterocycles. The molecule has 0 bridgehead atoms. The molecule has 7 heteroatoms. The van der Waals surface area contributed by atoms with Gasteiger partial charge in [-0.25, -0.2) is 14.8 Å². The highest BCUT2D eigenvalue weighted by Gasteiger charge is 2.17. The van der Waals surface area contributed by atoms with Gasteiger partial charge < -0.3 is 14.6 Å². The number of carboxylic acids is 1. The summed E-state index contributed by atoms with van der Waals surface area (Å²) in [6.45, 7) is 4.37. The maximum Gasteiger partial charge on any atom is 0.339 e. The lowest BCUT2D eigenvalue weighted by atomic mass is 10.2. The Labute approximate surface area is 139 Å². The zero-order valence-corrected chi connectivity index (χ0v) is 14.1. The summed E-state index contributed by atoms with van der Waals surface area (Å²) < 4.78 is 1.88. The number of anilines is 1. The van der Waals surface area contributed by atoms with E-state index in [0.29, 0.717) is 12.1 Å². The van der Waals surface area contributed by atoms with Crippen LogP contribution < -0.4 is 4.90 Å². The van der Waals surface area contributed by atoms with Crippen molar-refractivity contribution >= 4 is 22.8 Å². The highest BCUT2D eigenvalue weighted by Crippen LogP contribution is 2.23. The molecule has 0 spiro atoms. The van der Waals surface area contributed by atoms with E-state index in [2.05, 4.69) is 15.0 Å². The van der Waals surface area contributed by atoms with Crippen molar-refractivity contribution < 1.29 is 9.90 Å². The molecule has 0 saturated heterocycles. The van der Waals surface area contributed by atoms with Gasteiger partial charge in [0.1, 0.15) is 23.2 Å². The third kappa shape index (κ3) is 2.68. The molecule has 124 valence electrons. The number of hydrogen-bond acceptors (Lipinski definition) is 5. The van der Waals surface area contributed by atoms with Gasteiger partial charge in [-0.3, -0.25) is 4.98 Å². The van der Waals surface area contributed by atoms with Crippen molar-refractivity contribution in [3.05, 3.63) is 47.2 Å². The van der Waals surface area contributed by atoms with Gasteiger partial charge in [0, 0.05) is 32.1 Å². The molecular formula is C17H19N5O2. The van der Waals surface area contributed by atoms with Crippen LogP contribution in [0.5, 0.6) is 0 Å². The largest absolute Gasteiger partial charge is 0.478 e. The van der Waals surface area contributed by atoms with Crippen LogP contribution in [0.4, 0.5) is 5.82 Å². The Balaban J connectivity index is 2.13. The summed E-state index contributed by atoms with van der Waals surface area (Å²) in [5.41, 5.74) is 4.28.